The molecule has 0 unspecified atom stereocenters. The Balaban J connectivity index is 1.28. The highest BCUT2D eigenvalue weighted by Gasteiger charge is 2.41. The van der Waals surface area contributed by atoms with Gasteiger partial charge in [-0.05, 0) is 18.1 Å². The summed E-state index contributed by atoms with van der Waals surface area (Å²) >= 11 is 0. The molecule has 4 heterocycles. The Morgan fingerprint density at radius 1 is 1.00 bits per heavy atom. The zero-order chi connectivity index (χ0) is 18.3. The Labute approximate surface area is 157 Å². The van der Waals surface area contributed by atoms with Crippen LogP contribution in [0.3, 0.4) is 0 Å². The SMILES string of the molecule is O=C(c1cnc(N2CCc3ccccc32)cn1)N1CCC2(CC1)OCCO2. The minimum absolute atomic E-state index is 0.0799. The third-order valence-corrected chi connectivity index (χ3v) is 5.65. The normalized spacial score (nSPS) is 20.9. The van der Waals surface area contributed by atoms with Gasteiger partial charge in [-0.3, -0.25) is 4.79 Å². The van der Waals surface area contributed by atoms with Crippen molar-refractivity contribution in [3.05, 3.63) is 47.9 Å². The number of carbonyl (C=O) groups is 1. The molecule has 0 saturated carbocycles. The van der Waals surface area contributed by atoms with Crippen LogP contribution < -0.4 is 4.90 Å². The van der Waals surface area contributed by atoms with Crippen molar-refractivity contribution >= 4 is 17.4 Å². The lowest BCUT2D eigenvalue weighted by molar-refractivity contribution is -0.181. The van der Waals surface area contributed by atoms with E-state index >= 15 is 0 Å². The molecule has 5 rings (SSSR count). The highest BCUT2D eigenvalue weighted by atomic mass is 16.7. The number of amides is 1. The summed E-state index contributed by atoms with van der Waals surface area (Å²) in [5.41, 5.74) is 2.87. The van der Waals surface area contributed by atoms with Crippen LogP contribution in [0.15, 0.2) is 36.7 Å². The summed E-state index contributed by atoms with van der Waals surface area (Å²) in [6.45, 7) is 3.39. The lowest BCUT2D eigenvalue weighted by atomic mass is 10.0. The first-order chi connectivity index (χ1) is 13.2. The monoisotopic (exact) mass is 366 g/mol. The fourth-order valence-corrected chi connectivity index (χ4v) is 4.15. The number of hydrogen-bond donors (Lipinski definition) is 0. The van der Waals surface area contributed by atoms with Gasteiger partial charge < -0.3 is 19.3 Å². The second-order valence-corrected chi connectivity index (χ2v) is 7.19. The molecule has 0 bridgehead atoms. The maximum Gasteiger partial charge on any atom is 0.274 e. The van der Waals surface area contributed by atoms with Gasteiger partial charge in [0.25, 0.3) is 5.91 Å². The van der Waals surface area contributed by atoms with Gasteiger partial charge in [0.05, 0.1) is 25.6 Å². The van der Waals surface area contributed by atoms with Gasteiger partial charge >= 0.3 is 0 Å². The van der Waals surface area contributed by atoms with Gasteiger partial charge in [0, 0.05) is 38.2 Å². The second kappa shape index (κ2) is 6.58. The van der Waals surface area contributed by atoms with E-state index < -0.39 is 5.79 Å². The van der Waals surface area contributed by atoms with Crippen molar-refractivity contribution in [3.8, 4) is 0 Å². The van der Waals surface area contributed by atoms with Gasteiger partial charge in [0.15, 0.2) is 11.6 Å². The van der Waals surface area contributed by atoms with Crippen molar-refractivity contribution in [2.24, 2.45) is 0 Å². The van der Waals surface area contributed by atoms with Crippen LogP contribution in [-0.4, -0.2) is 59.4 Å². The third-order valence-electron chi connectivity index (χ3n) is 5.65. The molecule has 1 spiro atoms. The minimum Gasteiger partial charge on any atom is -0.347 e. The van der Waals surface area contributed by atoms with Crippen molar-refractivity contribution < 1.29 is 14.3 Å². The molecule has 2 saturated heterocycles. The number of carbonyl (C=O) groups excluding carboxylic acids is 1. The van der Waals surface area contributed by atoms with Gasteiger partial charge in [-0.2, -0.15) is 0 Å². The van der Waals surface area contributed by atoms with E-state index in [-0.39, 0.29) is 5.91 Å². The summed E-state index contributed by atoms with van der Waals surface area (Å²) in [7, 11) is 0. The Hall–Kier alpha value is -2.51. The highest BCUT2D eigenvalue weighted by Crippen LogP contribution is 2.33. The van der Waals surface area contributed by atoms with Crippen LogP contribution >= 0.6 is 0 Å². The van der Waals surface area contributed by atoms with E-state index in [2.05, 4.69) is 33.1 Å². The Kier molecular flexibility index (Phi) is 4.06. The first-order valence-corrected chi connectivity index (χ1v) is 9.49. The molecule has 0 atom stereocenters. The van der Waals surface area contributed by atoms with Crippen molar-refractivity contribution in [2.45, 2.75) is 25.0 Å². The molecular formula is C20H22N4O3. The summed E-state index contributed by atoms with van der Waals surface area (Å²) in [6, 6.07) is 8.32. The maximum absolute atomic E-state index is 12.8. The number of rotatable bonds is 2. The average molecular weight is 366 g/mol. The van der Waals surface area contributed by atoms with Crippen molar-refractivity contribution in [2.75, 3.05) is 37.7 Å². The molecule has 2 fully saturated rings. The minimum atomic E-state index is -0.477. The molecule has 3 aliphatic heterocycles. The predicted octanol–water partition coefficient (Wildman–Crippen LogP) is 2.15. The zero-order valence-corrected chi connectivity index (χ0v) is 15.1. The first-order valence-electron chi connectivity index (χ1n) is 9.49. The number of benzene rings is 1. The van der Waals surface area contributed by atoms with Crippen LogP contribution in [0.4, 0.5) is 11.5 Å². The Morgan fingerprint density at radius 2 is 1.78 bits per heavy atom. The number of nitrogens with zero attached hydrogens (tertiary/aromatic N) is 4. The number of likely N-dealkylation sites (tertiary alicyclic amines) is 1. The fourth-order valence-electron chi connectivity index (χ4n) is 4.15. The molecule has 0 radical (unpaired) electrons. The van der Waals surface area contributed by atoms with Gasteiger partial charge in [-0.25, -0.2) is 9.97 Å². The second-order valence-electron chi connectivity index (χ2n) is 7.19. The number of anilines is 2. The molecular weight excluding hydrogens is 344 g/mol. The van der Waals surface area contributed by atoms with Gasteiger partial charge in [0.2, 0.25) is 0 Å². The van der Waals surface area contributed by atoms with Gasteiger partial charge in [0.1, 0.15) is 5.69 Å². The van der Waals surface area contributed by atoms with Crippen LogP contribution in [-0.2, 0) is 15.9 Å². The highest BCUT2D eigenvalue weighted by molar-refractivity contribution is 5.92. The summed E-state index contributed by atoms with van der Waals surface area (Å²) in [6.07, 6.45) is 5.69. The van der Waals surface area contributed by atoms with E-state index in [4.69, 9.17) is 9.47 Å². The number of piperidine rings is 1. The maximum atomic E-state index is 12.8. The number of para-hydroxylation sites is 1. The van der Waals surface area contributed by atoms with E-state index in [1.165, 1.54) is 11.3 Å². The molecule has 0 aliphatic carbocycles. The van der Waals surface area contributed by atoms with E-state index in [0.29, 0.717) is 44.8 Å². The number of hydrogen-bond acceptors (Lipinski definition) is 6. The van der Waals surface area contributed by atoms with Crippen molar-refractivity contribution in [3.63, 3.8) is 0 Å². The van der Waals surface area contributed by atoms with Crippen molar-refractivity contribution in [1.82, 2.24) is 14.9 Å². The fraction of sp³-hybridized carbons (Fsp3) is 0.450. The van der Waals surface area contributed by atoms with Crippen LogP contribution in [0.25, 0.3) is 0 Å². The van der Waals surface area contributed by atoms with Crippen LogP contribution in [0.5, 0.6) is 0 Å². The molecule has 27 heavy (non-hydrogen) atoms. The first kappa shape index (κ1) is 16.6. The van der Waals surface area contributed by atoms with E-state index in [1.54, 1.807) is 12.4 Å². The summed E-state index contributed by atoms with van der Waals surface area (Å²) in [5, 5.41) is 0. The standard InChI is InChI=1S/C20H22N4O3/c25-19(23-9-6-20(7-10-23)26-11-12-27-20)16-13-22-18(14-21-16)24-8-5-15-3-1-2-4-17(15)24/h1-4,13-14H,5-12H2. The average Bonchev–Trinajstić information content (AvgIpc) is 3.36. The molecule has 3 aliphatic rings. The topological polar surface area (TPSA) is 67.8 Å². The summed E-state index contributed by atoms with van der Waals surface area (Å²) in [5.74, 6) is 0.223. The Bertz CT molecular complexity index is 839. The number of ether oxygens (including phenoxy) is 2. The largest absolute Gasteiger partial charge is 0.347 e. The van der Waals surface area contributed by atoms with Gasteiger partial charge in [-0.1, -0.05) is 18.2 Å². The molecule has 2 aromatic rings. The molecule has 1 aromatic heterocycles. The van der Waals surface area contributed by atoms with Gasteiger partial charge in [-0.15, -0.1) is 0 Å². The molecule has 1 aromatic carbocycles. The quantitative estimate of drug-likeness (QED) is 0.811. The van der Waals surface area contributed by atoms with Crippen LogP contribution in [0.1, 0.15) is 28.9 Å². The van der Waals surface area contributed by atoms with Crippen LogP contribution in [0.2, 0.25) is 0 Å². The lowest BCUT2D eigenvalue weighted by Gasteiger charge is -2.37. The molecule has 7 nitrogen and oxygen atoms in total. The number of fused-ring (bicyclic) bond motifs is 1. The van der Waals surface area contributed by atoms with Crippen molar-refractivity contribution in [1.29, 1.82) is 0 Å². The summed E-state index contributed by atoms with van der Waals surface area (Å²) in [4.78, 5) is 25.6. The van der Waals surface area contributed by atoms with E-state index in [9.17, 15) is 4.79 Å². The van der Waals surface area contributed by atoms with E-state index in [0.717, 1.165) is 18.8 Å². The lowest BCUT2D eigenvalue weighted by Crippen LogP contribution is -2.47. The predicted molar refractivity (Wildman–Crippen MR) is 99.0 cm³/mol. The third kappa shape index (κ3) is 2.96. The molecule has 140 valence electrons. The molecule has 0 N–H and O–H groups in total. The smallest absolute Gasteiger partial charge is 0.274 e. The molecule has 1 amide bonds. The Morgan fingerprint density at radius 3 is 2.52 bits per heavy atom. The summed E-state index contributed by atoms with van der Waals surface area (Å²) < 4.78 is 11.4. The van der Waals surface area contributed by atoms with E-state index in [1.807, 2.05) is 11.0 Å². The molecule has 7 heteroatoms. The van der Waals surface area contributed by atoms with Crippen LogP contribution in [0, 0.1) is 0 Å². The number of aromatic nitrogens is 2. The zero-order valence-electron chi connectivity index (χ0n) is 15.1.